The summed E-state index contributed by atoms with van der Waals surface area (Å²) in [6, 6.07) is 28.0. The summed E-state index contributed by atoms with van der Waals surface area (Å²) in [5.41, 5.74) is 2.97. The Bertz CT molecular complexity index is 983. The maximum absolute atomic E-state index is 5.27. The van der Waals surface area contributed by atoms with Gasteiger partial charge in [-0.3, -0.25) is 0 Å². The first-order valence-corrected chi connectivity index (χ1v) is 9.05. The van der Waals surface area contributed by atoms with Gasteiger partial charge in [-0.2, -0.15) is 5.10 Å². The molecule has 0 aliphatic carbocycles. The van der Waals surface area contributed by atoms with Crippen LogP contribution < -0.4 is 9.42 Å². The van der Waals surface area contributed by atoms with E-state index >= 15 is 0 Å². The van der Waals surface area contributed by atoms with Crippen molar-refractivity contribution in [3.05, 3.63) is 90.2 Å². The molecule has 128 valence electrons. The second-order valence-electron chi connectivity index (χ2n) is 5.61. The van der Waals surface area contributed by atoms with Crippen molar-refractivity contribution in [3.63, 3.8) is 0 Å². The minimum atomic E-state index is 0.714. The number of ether oxygens (including phenoxy) is 1. The van der Waals surface area contributed by atoms with Crippen LogP contribution in [-0.2, 0) is 0 Å². The minimum Gasteiger partial charge on any atom is -0.497 e. The Kier molecular flexibility index (Phi) is 4.62. The lowest BCUT2D eigenvalue weighted by Gasteiger charge is -2.06. The van der Waals surface area contributed by atoms with Gasteiger partial charge in [0.05, 0.1) is 17.8 Å². The zero-order chi connectivity index (χ0) is 17.8. The smallest absolute Gasteiger partial charge is 0.282 e. The summed E-state index contributed by atoms with van der Waals surface area (Å²) in [6.45, 7) is 0. The Morgan fingerprint density at radius 1 is 0.846 bits per heavy atom. The second-order valence-corrected chi connectivity index (χ2v) is 6.57. The van der Waals surface area contributed by atoms with Crippen LogP contribution in [0.15, 0.2) is 84.9 Å². The van der Waals surface area contributed by atoms with E-state index < -0.39 is 0 Å². The van der Waals surface area contributed by atoms with Crippen molar-refractivity contribution in [3.8, 4) is 22.0 Å². The molecule has 0 atom stereocenters. The van der Waals surface area contributed by atoms with Crippen LogP contribution in [-0.4, -0.2) is 12.2 Å². The molecule has 0 fully saturated rings. The zero-order valence-corrected chi connectivity index (χ0v) is 15.1. The summed E-state index contributed by atoms with van der Waals surface area (Å²) in [7, 11) is 1.67. The molecular weight excluding hydrogens is 342 g/mol. The quantitative estimate of drug-likeness (QED) is 0.446. The van der Waals surface area contributed by atoms with Gasteiger partial charge in [0.15, 0.2) is 0 Å². The molecule has 0 unspecified atom stereocenters. The maximum atomic E-state index is 5.27. The van der Waals surface area contributed by atoms with Crippen molar-refractivity contribution in [1.29, 1.82) is 0 Å². The van der Waals surface area contributed by atoms with E-state index in [1.807, 2.05) is 89.6 Å². The number of hydrogen-bond donors (Lipinski definition) is 0. The van der Waals surface area contributed by atoms with E-state index in [-0.39, 0.29) is 0 Å². The van der Waals surface area contributed by atoms with Crippen LogP contribution in [0, 0.1) is 0 Å². The topological polar surface area (TPSA) is 40.1 Å². The van der Waals surface area contributed by atoms with Gasteiger partial charge in [0.25, 0.3) is 5.01 Å². The average molecular weight is 359 g/mol. The summed E-state index contributed by atoms with van der Waals surface area (Å²) >= 11 is 1.56. The van der Waals surface area contributed by atoms with E-state index in [2.05, 4.69) is 5.32 Å². The second kappa shape index (κ2) is 7.37. The first kappa shape index (κ1) is 16.3. The molecule has 3 aromatic carbocycles. The van der Waals surface area contributed by atoms with Gasteiger partial charge < -0.3 is 10.1 Å². The maximum Gasteiger partial charge on any atom is 0.282 e. The van der Waals surface area contributed by atoms with Crippen LogP contribution in [0.25, 0.3) is 21.6 Å². The highest BCUT2D eigenvalue weighted by Gasteiger charge is 2.18. The van der Waals surface area contributed by atoms with Gasteiger partial charge in [-0.05, 0) is 30.0 Å². The van der Waals surface area contributed by atoms with Crippen LogP contribution in [0.2, 0.25) is 0 Å². The number of hydrogen-bond acceptors (Lipinski definition) is 3. The van der Waals surface area contributed by atoms with Crippen LogP contribution in [0.5, 0.6) is 5.75 Å². The molecule has 0 saturated carbocycles. The Hall–Kier alpha value is -3.18. The Labute approximate surface area is 156 Å². The Balaban J connectivity index is 1.77. The molecule has 26 heavy (non-hydrogen) atoms. The van der Waals surface area contributed by atoms with Crippen molar-refractivity contribution >= 4 is 22.2 Å². The van der Waals surface area contributed by atoms with Gasteiger partial charge in [-0.1, -0.05) is 59.9 Å². The molecule has 0 amide bonds. The van der Waals surface area contributed by atoms with Gasteiger partial charge in [0.2, 0.25) is 5.69 Å². The molecular formula is C21H17N3OS. The van der Waals surface area contributed by atoms with E-state index in [9.17, 15) is 0 Å². The molecule has 5 heteroatoms. The molecule has 0 N–H and O–H groups in total. The van der Waals surface area contributed by atoms with Gasteiger partial charge in [-0.15, -0.1) is 4.68 Å². The molecule has 0 saturated heterocycles. The van der Waals surface area contributed by atoms with Crippen LogP contribution in [0.3, 0.4) is 0 Å². The fraction of sp³-hybridized carbons (Fsp3) is 0.0476. The van der Waals surface area contributed by atoms with Crippen molar-refractivity contribution < 1.29 is 9.42 Å². The molecule has 4 rings (SSSR count). The predicted octanol–water partition coefficient (Wildman–Crippen LogP) is 5.43. The Morgan fingerprint density at radius 3 is 2.15 bits per heavy atom. The summed E-state index contributed by atoms with van der Waals surface area (Å²) in [5, 5.41) is 11.1. The lowest BCUT2D eigenvalue weighted by atomic mass is 10.2. The molecule has 0 aliphatic heterocycles. The summed E-state index contributed by atoms with van der Waals surface area (Å²) < 4.78 is 7.21. The number of aromatic nitrogens is 2. The standard InChI is InChI=1S/C21H17N3OS/c1-25-19-14-12-16(13-15-19)20-24(18-10-6-3-7-11-18)23-21(26-20)22-17-8-4-2-5-9-17/h2-15H,1H3. The highest BCUT2D eigenvalue weighted by atomic mass is 32.1. The highest BCUT2D eigenvalue weighted by molar-refractivity contribution is 7.18. The van der Waals surface area contributed by atoms with Crippen molar-refractivity contribution in [2.75, 3.05) is 7.11 Å². The first-order chi connectivity index (χ1) is 12.8. The molecule has 0 radical (unpaired) electrons. The fourth-order valence-corrected chi connectivity index (χ4v) is 3.53. The van der Waals surface area contributed by atoms with E-state index in [1.165, 1.54) is 0 Å². The predicted molar refractivity (Wildman–Crippen MR) is 105 cm³/mol. The number of rotatable bonds is 5. The lowest BCUT2D eigenvalue weighted by molar-refractivity contribution is -0.642. The third kappa shape index (κ3) is 3.43. The van der Waals surface area contributed by atoms with E-state index in [0.717, 1.165) is 27.7 Å². The third-order valence-electron chi connectivity index (χ3n) is 3.88. The van der Waals surface area contributed by atoms with Gasteiger partial charge in [-0.25, -0.2) is 0 Å². The van der Waals surface area contributed by atoms with Gasteiger partial charge in [0, 0.05) is 12.1 Å². The summed E-state index contributed by atoms with van der Waals surface area (Å²) in [6.07, 6.45) is 0. The fourth-order valence-electron chi connectivity index (χ4n) is 2.60. The SMILES string of the molecule is COc1ccc(-c2sc([N-]c3ccccc3)n[n+]2-c2ccccc2)cc1. The molecule has 0 bridgehead atoms. The molecule has 4 nitrogen and oxygen atoms in total. The molecule has 1 aromatic heterocycles. The number of nitrogens with zero attached hydrogens (tertiary/aromatic N) is 3. The number of benzene rings is 3. The van der Waals surface area contributed by atoms with Gasteiger partial charge >= 0.3 is 0 Å². The van der Waals surface area contributed by atoms with Crippen LogP contribution in [0.4, 0.5) is 10.8 Å². The minimum absolute atomic E-state index is 0.714. The zero-order valence-electron chi connectivity index (χ0n) is 14.2. The molecule has 0 spiro atoms. The largest absolute Gasteiger partial charge is 0.497 e. The average Bonchev–Trinajstić information content (AvgIpc) is 3.13. The Morgan fingerprint density at radius 2 is 1.50 bits per heavy atom. The number of para-hydroxylation sites is 2. The number of methoxy groups -OCH3 is 1. The molecule has 1 heterocycles. The highest BCUT2D eigenvalue weighted by Crippen LogP contribution is 2.36. The van der Waals surface area contributed by atoms with Gasteiger partial charge in [0.1, 0.15) is 5.75 Å². The third-order valence-corrected chi connectivity index (χ3v) is 4.84. The summed E-state index contributed by atoms with van der Waals surface area (Å²) in [5.74, 6) is 0.832. The van der Waals surface area contributed by atoms with Crippen molar-refractivity contribution in [2.45, 2.75) is 0 Å². The normalized spacial score (nSPS) is 10.5. The van der Waals surface area contributed by atoms with E-state index in [1.54, 1.807) is 18.4 Å². The lowest BCUT2D eigenvalue weighted by Crippen LogP contribution is -2.34. The molecule has 0 aliphatic rings. The van der Waals surface area contributed by atoms with E-state index in [4.69, 9.17) is 9.84 Å². The monoisotopic (exact) mass is 359 g/mol. The van der Waals surface area contributed by atoms with Crippen molar-refractivity contribution in [1.82, 2.24) is 5.10 Å². The van der Waals surface area contributed by atoms with Crippen LogP contribution >= 0.6 is 11.3 Å². The summed E-state index contributed by atoms with van der Waals surface area (Å²) in [4.78, 5) is 0. The molecule has 4 aromatic rings. The van der Waals surface area contributed by atoms with Crippen molar-refractivity contribution in [2.24, 2.45) is 0 Å². The first-order valence-electron chi connectivity index (χ1n) is 8.23. The van der Waals surface area contributed by atoms with Crippen LogP contribution in [0.1, 0.15) is 0 Å². The van der Waals surface area contributed by atoms with E-state index in [0.29, 0.717) is 5.13 Å².